The molecular formula is C32H44N2SSi. The third-order valence-corrected chi connectivity index (χ3v) is 16.2. The summed E-state index contributed by atoms with van der Waals surface area (Å²) in [5.41, 5.74) is 6.33. The number of hydrogen-bond acceptors (Lipinski definition) is 3. The summed E-state index contributed by atoms with van der Waals surface area (Å²) < 4.78 is 2.96. The van der Waals surface area contributed by atoms with Crippen LogP contribution in [0.25, 0.3) is 32.2 Å². The fourth-order valence-corrected chi connectivity index (χ4v) is 16.2. The molecule has 0 aliphatic rings. The Hall–Kier alpha value is -2.04. The molecule has 2 nitrogen and oxygen atoms in total. The smallest absolute Gasteiger partial charge is 0.116 e. The highest BCUT2D eigenvalue weighted by molar-refractivity contribution is 7.32. The van der Waals surface area contributed by atoms with Crippen LogP contribution in [0.1, 0.15) is 72.4 Å². The lowest BCUT2D eigenvalue weighted by Crippen LogP contribution is -2.50. The monoisotopic (exact) mass is 516 g/mol. The van der Waals surface area contributed by atoms with Gasteiger partial charge >= 0.3 is 0 Å². The molecule has 0 amide bonds. The van der Waals surface area contributed by atoms with Gasteiger partial charge in [-0.3, -0.25) is 0 Å². The lowest BCUT2D eigenvalue weighted by Gasteiger charge is -2.36. The van der Waals surface area contributed by atoms with Gasteiger partial charge in [0.05, 0.1) is 15.9 Å². The zero-order valence-electron chi connectivity index (χ0n) is 23.8. The summed E-state index contributed by atoms with van der Waals surface area (Å²) >= 11 is 2.03. The van der Waals surface area contributed by atoms with Gasteiger partial charge < -0.3 is 0 Å². The predicted molar refractivity (Wildman–Crippen MR) is 164 cm³/mol. The molecule has 2 aromatic heterocycles. The van der Waals surface area contributed by atoms with Crippen LogP contribution in [0.15, 0.2) is 42.7 Å². The minimum atomic E-state index is -1.73. The highest BCUT2D eigenvalue weighted by atomic mass is 32.1. The van der Waals surface area contributed by atoms with Crippen LogP contribution in [-0.4, -0.2) is 18.0 Å². The van der Waals surface area contributed by atoms with Crippen molar-refractivity contribution in [2.75, 3.05) is 0 Å². The number of rotatable bonds is 9. The maximum absolute atomic E-state index is 4.92. The van der Waals surface area contributed by atoms with Gasteiger partial charge in [-0.25, -0.2) is 9.97 Å². The van der Waals surface area contributed by atoms with Crippen LogP contribution in [0.4, 0.5) is 0 Å². The van der Waals surface area contributed by atoms with Gasteiger partial charge in [-0.2, -0.15) is 0 Å². The minimum Gasteiger partial charge on any atom is -0.235 e. The second-order valence-corrected chi connectivity index (χ2v) is 18.1. The highest BCUT2D eigenvalue weighted by Crippen LogP contribution is 2.40. The second-order valence-electron chi connectivity index (χ2n) is 12.5. The molecule has 0 bridgehead atoms. The van der Waals surface area contributed by atoms with Crippen molar-refractivity contribution in [1.29, 1.82) is 0 Å². The van der Waals surface area contributed by atoms with Gasteiger partial charge in [0.2, 0.25) is 0 Å². The van der Waals surface area contributed by atoms with E-state index >= 15 is 0 Å². The maximum atomic E-state index is 4.92. The molecule has 0 fully saturated rings. The van der Waals surface area contributed by atoms with Crippen molar-refractivity contribution < 1.29 is 0 Å². The molecule has 0 aliphatic carbocycles. The molecule has 0 atom stereocenters. The molecule has 4 aromatic rings. The molecule has 0 aliphatic heterocycles. The number of hydrogen-bond donors (Lipinski definition) is 0. The standard InChI is InChI=1S/C32H44N2SSi/c1-20(2)16-36(17-21(3)4,18-22(5)6)32-24(9)29-31(35-32)30(34-19-33-29)26-14-25-12-10-11-13-27(25)28(15-26)23(7)8/h10-15,19-23H,16-18H2,1-9H3. The maximum Gasteiger partial charge on any atom is 0.116 e. The normalized spacial score (nSPS) is 12.8. The molecule has 0 saturated carbocycles. The van der Waals surface area contributed by atoms with E-state index in [1.807, 2.05) is 11.3 Å². The Bertz CT molecular complexity index is 1320. The highest BCUT2D eigenvalue weighted by Gasteiger charge is 2.40. The number of thiophene rings is 1. The summed E-state index contributed by atoms with van der Waals surface area (Å²) in [7, 11) is -1.73. The van der Waals surface area contributed by atoms with Gasteiger partial charge in [0.15, 0.2) is 0 Å². The lowest BCUT2D eigenvalue weighted by molar-refractivity contribution is 0.650. The van der Waals surface area contributed by atoms with E-state index in [4.69, 9.17) is 9.97 Å². The average molecular weight is 517 g/mol. The molecule has 0 spiro atoms. The van der Waals surface area contributed by atoms with Gasteiger partial charge in [-0.05, 0) is 69.1 Å². The van der Waals surface area contributed by atoms with Gasteiger partial charge in [-0.1, -0.05) is 97.8 Å². The van der Waals surface area contributed by atoms with Crippen molar-refractivity contribution in [3.8, 4) is 11.3 Å². The van der Waals surface area contributed by atoms with E-state index in [-0.39, 0.29) is 0 Å². The van der Waals surface area contributed by atoms with E-state index in [1.54, 1.807) is 10.8 Å². The molecular weight excluding hydrogens is 473 g/mol. The van der Waals surface area contributed by atoms with E-state index < -0.39 is 8.07 Å². The number of aromatic nitrogens is 2. The summed E-state index contributed by atoms with van der Waals surface area (Å²) in [6, 6.07) is 17.6. The van der Waals surface area contributed by atoms with E-state index in [2.05, 4.69) is 98.7 Å². The van der Waals surface area contributed by atoms with Crippen molar-refractivity contribution in [2.24, 2.45) is 17.8 Å². The van der Waals surface area contributed by atoms with Crippen molar-refractivity contribution in [2.45, 2.75) is 86.4 Å². The van der Waals surface area contributed by atoms with Crippen LogP contribution >= 0.6 is 11.3 Å². The Morgan fingerprint density at radius 2 is 1.42 bits per heavy atom. The quantitative estimate of drug-likeness (QED) is 0.207. The topological polar surface area (TPSA) is 25.8 Å². The average Bonchev–Trinajstić information content (AvgIpc) is 3.14. The summed E-state index contributed by atoms with van der Waals surface area (Å²) in [5.74, 6) is 2.58. The Morgan fingerprint density at radius 1 is 0.806 bits per heavy atom. The largest absolute Gasteiger partial charge is 0.235 e. The Kier molecular flexibility index (Phi) is 8.06. The van der Waals surface area contributed by atoms with Gasteiger partial charge in [0.25, 0.3) is 0 Å². The first-order chi connectivity index (χ1) is 17.0. The summed E-state index contributed by atoms with van der Waals surface area (Å²) in [6.45, 7) is 21.4. The lowest BCUT2D eigenvalue weighted by atomic mass is 9.92. The first kappa shape index (κ1) is 27.0. The Labute approximate surface area is 223 Å². The van der Waals surface area contributed by atoms with E-state index in [0.717, 1.165) is 5.69 Å². The second kappa shape index (κ2) is 10.7. The number of fused-ring (bicyclic) bond motifs is 2. The zero-order valence-corrected chi connectivity index (χ0v) is 25.6. The third kappa shape index (κ3) is 5.31. The molecule has 4 rings (SSSR count). The molecule has 0 radical (unpaired) electrons. The summed E-state index contributed by atoms with van der Waals surface area (Å²) in [6.07, 6.45) is 1.79. The van der Waals surface area contributed by atoms with Crippen molar-refractivity contribution in [3.63, 3.8) is 0 Å². The van der Waals surface area contributed by atoms with Crippen LogP contribution in [-0.2, 0) is 0 Å². The fraction of sp³-hybridized carbons (Fsp3) is 0.500. The molecule has 2 heterocycles. The van der Waals surface area contributed by atoms with Crippen LogP contribution in [0, 0.1) is 24.7 Å². The van der Waals surface area contributed by atoms with Crippen molar-refractivity contribution >= 4 is 44.9 Å². The van der Waals surface area contributed by atoms with Gasteiger partial charge in [0, 0.05) is 5.56 Å². The molecule has 192 valence electrons. The Morgan fingerprint density at radius 3 is 2.00 bits per heavy atom. The van der Waals surface area contributed by atoms with Gasteiger partial charge in [0.1, 0.15) is 14.4 Å². The van der Waals surface area contributed by atoms with Crippen molar-refractivity contribution in [3.05, 3.63) is 53.9 Å². The van der Waals surface area contributed by atoms with E-state index in [9.17, 15) is 0 Å². The van der Waals surface area contributed by atoms with Crippen molar-refractivity contribution in [1.82, 2.24) is 9.97 Å². The van der Waals surface area contributed by atoms with Gasteiger partial charge in [-0.15, -0.1) is 11.3 Å². The SMILES string of the molecule is Cc1c([Si](CC(C)C)(CC(C)C)CC(C)C)sc2c(-c3cc(C(C)C)c4ccccc4c3)ncnc12. The Balaban J connectivity index is 1.98. The predicted octanol–water partition coefficient (Wildman–Crippen LogP) is 9.57. The number of nitrogens with zero attached hydrogens (tertiary/aromatic N) is 2. The summed E-state index contributed by atoms with van der Waals surface area (Å²) in [5, 5.41) is 2.64. The molecule has 0 saturated heterocycles. The number of aryl methyl sites for hydroxylation is 1. The third-order valence-electron chi connectivity index (χ3n) is 7.37. The van der Waals surface area contributed by atoms with Crippen LogP contribution in [0.2, 0.25) is 18.1 Å². The van der Waals surface area contributed by atoms with Crippen LogP contribution < -0.4 is 4.50 Å². The zero-order chi connectivity index (χ0) is 26.2. The molecule has 0 N–H and O–H groups in total. The van der Waals surface area contributed by atoms with E-state index in [0.29, 0.717) is 23.7 Å². The van der Waals surface area contributed by atoms with E-state index in [1.165, 1.54) is 55.8 Å². The fourth-order valence-electron chi connectivity index (χ4n) is 6.56. The molecule has 2 aromatic carbocycles. The first-order valence-corrected chi connectivity index (χ1v) is 17.2. The van der Waals surface area contributed by atoms with Crippen LogP contribution in [0.5, 0.6) is 0 Å². The molecule has 4 heteroatoms. The summed E-state index contributed by atoms with van der Waals surface area (Å²) in [4.78, 5) is 9.80. The molecule has 36 heavy (non-hydrogen) atoms. The molecule has 0 unspecified atom stereocenters. The first-order valence-electron chi connectivity index (χ1n) is 13.8. The minimum absolute atomic E-state index is 0.455. The van der Waals surface area contributed by atoms with Crippen LogP contribution in [0.3, 0.4) is 0 Å². The number of benzene rings is 2.